The molecule has 0 fully saturated rings. The van der Waals surface area contributed by atoms with Crippen molar-refractivity contribution in [3.63, 3.8) is 0 Å². The molecular formula is C24H21F3N2O3S. The molecule has 0 bridgehead atoms. The van der Waals surface area contributed by atoms with E-state index in [1.165, 1.54) is 30.3 Å². The van der Waals surface area contributed by atoms with Crippen LogP contribution in [0.3, 0.4) is 0 Å². The number of nitrogens with one attached hydrogen (secondary N) is 2. The molecule has 0 aliphatic carbocycles. The van der Waals surface area contributed by atoms with Crippen LogP contribution in [0.15, 0.2) is 89.8 Å². The van der Waals surface area contributed by atoms with Crippen LogP contribution in [0.4, 0.5) is 18.9 Å². The maximum absolute atomic E-state index is 12.7. The summed E-state index contributed by atoms with van der Waals surface area (Å²) in [5, 5.41) is 2.67. The molecule has 33 heavy (non-hydrogen) atoms. The first-order valence-electron chi connectivity index (χ1n) is 9.86. The molecule has 3 aromatic carbocycles. The second-order valence-electron chi connectivity index (χ2n) is 7.20. The van der Waals surface area contributed by atoms with Gasteiger partial charge in [0.1, 0.15) is 0 Å². The number of carbonyl (C=O) groups is 1. The average Bonchev–Trinajstić information content (AvgIpc) is 2.78. The Morgan fingerprint density at radius 1 is 0.909 bits per heavy atom. The quantitative estimate of drug-likeness (QED) is 0.461. The third kappa shape index (κ3) is 6.45. The summed E-state index contributed by atoms with van der Waals surface area (Å²) in [5.41, 5.74) is 1.07. The Hall–Kier alpha value is -3.59. The van der Waals surface area contributed by atoms with E-state index in [9.17, 15) is 26.4 Å². The second kappa shape index (κ2) is 9.91. The highest BCUT2D eigenvalue weighted by Gasteiger charge is 2.29. The van der Waals surface area contributed by atoms with Gasteiger partial charge >= 0.3 is 6.18 Å². The number of sulfonamides is 1. The van der Waals surface area contributed by atoms with Gasteiger partial charge in [0.2, 0.25) is 5.91 Å². The number of carbonyl (C=O) groups excluding carboxylic acids is 1. The minimum absolute atomic E-state index is 0.0447. The van der Waals surface area contributed by atoms with Gasteiger partial charge in [-0.1, -0.05) is 48.5 Å². The van der Waals surface area contributed by atoms with Crippen molar-refractivity contribution in [1.82, 2.24) is 5.32 Å². The van der Waals surface area contributed by atoms with Crippen LogP contribution < -0.4 is 10.0 Å². The first-order valence-corrected chi connectivity index (χ1v) is 11.3. The number of rotatable bonds is 7. The lowest BCUT2D eigenvalue weighted by Gasteiger charge is -2.13. The van der Waals surface area contributed by atoms with E-state index in [0.717, 1.165) is 12.1 Å². The van der Waals surface area contributed by atoms with Crippen LogP contribution >= 0.6 is 0 Å². The minimum atomic E-state index is -4.43. The predicted molar refractivity (Wildman–Crippen MR) is 121 cm³/mol. The number of hydrogen-bond acceptors (Lipinski definition) is 3. The summed E-state index contributed by atoms with van der Waals surface area (Å²) in [5.74, 6) is -0.465. The van der Waals surface area contributed by atoms with Gasteiger partial charge in [-0.3, -0.25) is 9.52 Å². The Kier molecular flexibility index (Phi) is 7.23. The number of halogens is 3. The van der Waals surface area contributed by atoms with Crippen molar-refractivity contribution in [2.45, 2.75) is 24.5 Å². The molecule has 0 heterocycles. The lowest BCUT2D eigenvalue weighted by Crippen LogP contribution is -2.22. The van der Waals surface area contributed by atoms with Crippen LogP contribution in [0.1, 0.15) is 23.6 Å². The Bertz CT molecular complexity index is 1250. The van der Waals surface area contributed by atoms with Gasteiger partial charge in [0.25, 0.3) is 10.0 Å². The van der Waals surface area contributed by atoms with Gasteiger partial charge in [0, 0.05) is 12.6 Å². The van der Waals surface area contributed by atoms with Gasteiger partial charge in [-0.05, 0) is 54.0 Å². The van der Waals surface area contributed by atoms with Gasteiger partial charge in [-0.25, -0.2) is 8.42 Å². The number of amides is 1. The molecule has 3 rings (SSSR count). The van der Waals surface area contributed by atoms with Crippen LogP contribution in [-0.4, -0.2) is 14.3 Å². The van der Waals surface area contributed by atoms with E-state index in [2.05, 4.69) is 10.0 Å². The van der Waals surface area contributed by atoms with E-state index in [4.69, 9.17) is 0 Å². The maximum Gasteiger partial charge on any atom is 0.416 e. The fourth-order valence-corrected chi connectivity index (χ4v) is 4.13. The standard InChI is InChI=1S/C24H21F3N2O3S/c1-17(18-11-13-20(14-12-18)24(25,26)27)15-23(30)28-16-19-7-5-6-10-22(19)29-33(31,32)21-8-3-2-4-9-21/h2-15,29H,16H2,1H3,(H,28,30)/b17-15-. The van der Waals surface area contributed by atoms with E-state index in [1.54, 1.807) is 49.4 Å². The fourth-order valence-electron chi connectivity index (χ4n) is 3.01. The van der Waals surface area contributed by atoms with Crippen molar-refractivity contribution in [3.05, 3.63) is 102 Å². The monoisotopic (exact) mass is 474 g/mol. The van der Waals surface area contributed by atoms with Crippen molar-refractivity contribution >= 4 is 27.2 Å². The van der Waals surface area contributed by atoms with E-state index < -0.39 is 27.7 Å². The van der Waals surface area contributed by atoms with Crippen LogP contribution in [0.25, 0.3) is 5.57 Å². The number of benzene rings is 3. The van der Waals surface area contributed by atoms with Crippen molar-refractivity contribution in [1.29, 1.82) is 0 Å². The topological polar surface area (TPSA) is 75.3 Å². The van der Waals surface area contributed by atoms with E-state index in [-0.39, 0.29) is 11.4 Å². The normalized spacial score (nSPS) is 12.3. The summed E-state index contributed by atoms with van der Waals surface area (Å²) in [7, 11) is -3.80. The second-order valence-corrected chi connectivity index (χ2v) is 8.88. The van der Waals surface area contributed by atoms with Crippen LogP contribution in [-0.2, 0) is 27.5 Å². The Morgan fingerprint density at radius 3 is 2.15 bits per heavy atom. The van der Waals surface area contributed by atoms with E-state index in [1.807, 2.05) is 0 Å². The SMILES string of the molecule is C/C(=C/C(=O)NCc1ccccc1NS(=O)(=O)c1ccccc1)c1ccc(C(F)(F)F)cc1. The molecule has 9 heteroatoms. The molecule has 5 nitrogen and oxygen atoms in total. The molecule has 0 unspecified atom stereocenters. The number of anilines is 1. The van der Waals surface area contributed by atoms with E-state index >= 15 is 0 Å². The molecular weight excluding hydrogens is 453 g/mol. The average molecular weight is 475 g/mol. The van der Waals surface area contributed by atoms with Gasteiger partial charge in [-0.2, -0.15) is 13.2 Å². The third-order valence-corrected chi connectivity index (χ3v) is 6.16. The lowest BCUT2D eigenvalue weighted by molar-refractivity contribution is -0.137. The molecule has 1 amide bonds. The first-order chi connectivity index (χ1) is 15.6. The highest BCUT2D eigenvalue weighted by molar-refractivity contribution is 7.92. The van der Waals surface area contributed by atoms with Crippen LogP contribution in [0.5, 0.6) is 0 Å². The van der Waals surface area contributed by atoms with Gasteiger partial charge in [-0.15, -0.1) is 0 Å². The zero-order valence-corrected chi connectivity index (χ0v) is 18.4. The molecule has 0 saturated carbocycles. The van der Waals surface area contributed by atoms with E-state index in [0.29, 0.717) is 22.4 Å². The Labute approximate surface area is 190 Å². The number of hydrogen-bond donors (Lipinski definition) is 2. The van der Waals surface area contributed by atoms with Crippen molar-refractivity contribution in [2.24, 2.45) is 0 Å². The molecule has 0 aliphatic rings. The number of allylic oxidation sites excluding steroid dienone is 1. The Balaban J connectivity index is 1.68. The molecule has 0 atom stereocenters. The highest BCUT2D eigenvalue weighted by atomic mass is 32.2. The third-order valence-electron chi connectivity index (χ3n) is 4.78. The fraction of sp³-hybridized carbons (Fsp3) is 0.125. The lowest BCUT2D eigenvalue weighted by atomic mass is 10.0. The first kappa shape index (κ1) is 24.1. The molecule has 0 aliphatic heterocycles. The summed E-state index contributed by atoms with van der Waals surface area (Å²) in [4.78, 5) is 12.4. The molecule has 0 saturated heterocycles. The minimum Gasteiger partial charge on any atom is -0.348 e. The molecule has 0 radical (unpaired) electrons. The van der Waals surface area contributed by atoms with Gasteiger partial charge in [0.05, 0.1) is 16.1 Å². The maximum atomic E-state index is 12.7. The zero-order valence-electron chi connectivity index (χ0n) is 17.6. The summed E-state index contributed by atoms with van der Waals surface area (Å²) < 4.78 is 65.8. The number of para-hydroxylation sites is 1. The summed E-state index contributed by atoms with van der Waals surface area (Å²) >= 11 is 0. The largest absolute Gasteiger partial charge is 0.416 e. The molecule has 0 aromatic heterocycles. The van der Waals surface area contributed by atoms with Gasteiger partial charge < -0.3 is 5.32 Å². The predicted octanol–water partition coefficient (Wildman–Crippen LogP) is 5.23. The summed E-state index contributed by atoms with van der Waals surface area (Å²) in [6.07, 6.45) is -3.15. The van der Waals surface area contributed by atoms with Crippen LogP contribution in [0.2, 0.25) is 0 Å². The van der Waals surface area contributed by atoms with Crippen molar-refractivity contribution < 1.29 is 26.4 Å². The van der Waals surface area contributed by atoms with Crippen LogP contribution in [0, 0.1) is 0 Å². The highest BCUT2D eigenvalue weighted by Crippen LogP contribution is 2.30. The van der Waals surface area contributed by atoms with Gasteiger partial charge in [0.15, 0.2) is 0 Å². The molecule has 172 valence electrons. The summed E-state index contributed by atoms with van der Waals surface area (Å²) in [6.45, 7) is 1.66. The van der Waals surface area contributed by atoms with Crippen molar-refractivity contribution in [2.75, 3.05) is 4.72 Å². The molecule has 3 aromatic rings. The number of alkyl halides is 3. The van der Waals surface area contributed by atoms with Crippen molar-refractivity contribution in [3.8, 4) is 0 Å². The summed E-state index contributed by atoms with van der Waals surface area (Å²) in [6, 6.07) is 19.1. The zero-order chi connectivity index (χ0) is 24.1. The molecule has 2 N–H and O–H groups in total. The Morgan fingerprint density at radius 2 is 1.52 bits per heavy atom. The smallest absolute Gasteiger partial charge is 0.348 e. The molecule has 0 spiro atoms.